The fourth-order valence-electron chi connectivity index (χ4n) is 4.37. The van der Waals surface area contributed by atoms with E-state index in [0.717, 1.165) is 35.8 Å². The quantitative estimate of drug-likeness (QED) is 0.543. The predicted octanol–water partition coefficient (Wildman–Crippen LogP) is 2.47. The molecular weight excluding hydrogens is 396 g/mol. The Labute approximate surface area is 177 Å². The number of rotatable bonds is 2. The first-order valence-corrected chi connectivity index (χ1v) is 10.2. The zero-order valence-corrected chi connectivity index (χ0v) is 16.7. The van der Waals surface area contributed by atoms with Crippen molar-refractivity contribution >= 4 is 28.1 Å². The van der Waals surface area contributed by atoms with Gasteiger partial charge in [-0.3, -0.25) is 9.59 Å². The van der Waals surface area contributed by atoms with E-state index in [1.807, 2.05) is 45.7 Å². The van der Waals surface area contributed by atoms with Crippen molar-refractivity contribution in [1.82, 2.24) is 14.3 Å². The van der Waals surface area contributed by atoms with Gasteiger partial charge in [0.15, 0.2) is 11.5 Å². The summed E-state index contributed by atoms with van der Waals surface area (Å²) in [5, 5.41) is 0.599. The highest BCUT2D eigenvalue weighted by molar-refractivity contribution is 5.96. The van der Waals surface area contributed by atoms with E-state index >= 15 is 0 Å². The van der Waals surface area contributed by atoms with Gasteiger partial charge in [0, 0.05) is 44.1 Å². The Hall–Kier alpha value is -3.94. The third kappa shape index (κ3) is 2.91. The third-order valence-corrected chi connectivity index (χ3v) is 6.00. The van der Waals surface area contributed by atoms with Crippen LogP contribution in [0.5, 0.6) is 11.5 Å². The van der Waals surface area contributed by atoms with Crippen LogP contribution in [0.25, 0.3) is 16.6 Å². The summed E-state index contributed by atoms with van der Waals surface area (Å²) in [5.41, 5.74) is 2.88. The number of nitrogens with one attached hydrogen (secondary N) is 1. The van der Waals surface area contributed by atoms with E-state index in [9.17, 15) is 9.59 Å². The molecule has 1 saturated heterocycles. The highest BCUT2D eigenvalue weighted by atomic mass is 16.7. The van der Waals surface area contributed by atoms with Crippen molar-refractivity contribution in [3.63, 3.8) is 0 Å². The predicted molar refractivity (Wildman–Crippen MR) is 116 cm³/mol. The lowest BCUT2D eigenvalue weighted by Crippen LogP contribution is -2.48. The van der Waals surface area contributed by atoms with Crippen molar-refractivity contribution < 1.29 is 14.3 Å². The highest BCUT2D eigenvalue weighted by Gasteiger charge is 2.25. The summed E-state index contributed by atoms with van der Waals surface area (Å²) in [6.07, 6.45) is 1.81. The molecule has 4 heterocycles. The lowest BCUT2D eigenvalue weighted by Gasteiger charge is -2.36. The SMILES string of the molecule is O=C(c1cc2[nH]c(=O)c3ccccc3n2c1)N1CCN(c2ccc3c(c2)OCO3)CC1. The van der Waals surface area contributed by atoms with Crippen LogP contribution in [0.1, 0.15) is 10.4 Å². The van der Waals surface area contributed by atoms with Crippen LogP contribution in [0, 0.1) is 0 Å². The molecule has 156 valence electrons. The molecule has 6 rings (SSSR count). The molecule has 2 aromatic heterocycles. The lowest BCUT2D eigenvalue weighted by atomic mass is 10.2. The van der Waals surface area contributed by atoms with Crippen LogP contribution >= 0.6 is 0 Å². The molecule has 2 aliphatic heterocycles. The molecule has 1 fully saturated rings. The molecule has 0 radical (unpaired) electrons. The van der Waals surface area contributed by atoms with Gasteiger partial charge in [0.25, 0.3) is 11.5 Å². The molecule has 0 saturated carbocycles. The summed E-state index contributed by atoms with van der Waals surface area (Å²) in [7, 11) is 0. The van der Waals surface area contributed by atoms with E-state index in [-0.39, 0.29) is 18.3 Å². The summed E-state index contributed by atoms with van der Waals surface area (Å²) in [6, 6.07) is 15.1. The van der Waals surface area contributed by atoms with Gasteiger partial charge in [-0.25, -0.2) is 0 Å². The number of anilines is 1. The van der Waals surface area contributed by atoms with Gasteiger partial charge in [-0.1, -0.05) is 12.1 Å². The number of hydrogen-bond acceptors (Lipinski definition) is 5. The number of piperazine rings is 1. The number of amides is 1. The van der Waals surface area contributed by atoms with Crippen molar-refractivity contribution in [3.05, 3.63) is 70.6 Å². The lowest BCUT2D eigenvalue weighted by molar-refractivity contribution is 0.0747. The summed E-state index contributed by atoms with van der Waals surface area (Å²) in [5.74, 6) is 1.50. The number of ether oxygens (including phenoxy) is 2. The zero-order chi connectivity index (χ0) is 20.9. The summed E-state index contributed by atoms with van der Waals surface area (Å²) >= 11 is 0. The monoisotopic (exact) mass is 416 g/mol. The number of para-hydroxylation sites is 1. The topological polar surface area (TPSA) is 79.3 Å². The van der Waals surface area contributed by atoms with Crippen LogP contribution in [-0.2, 0) is 0 Å². The molecule has 0 unspecified atom stereocenters. The Kier molecular flexibility index (Phi) is 3.92. The van der Waals surface area contributed by atoms with E-state index < -0.39 is 0 Å². The van der Waals surface area contributed by atoms with Gasteiger partial charge in [-0.2, -0.15) is 0 Å². The smallest absolute Gasteiger partial charge is 0.258 e. The van der Waals surface area contributed by atoms with Crippen LogP contribution in [0.15, 0.2) is 59.5 Å². The van der Waals surface area contributed by atoms with Gasteiger partial charge >= 0.3 is 0 Å². The van der Waals surface area contributed by atoms with Gasteiger partial charge in [-0.15, -0.1) is 0 Å². The van der Waals surface area contributed by atoms with Gasteiger partial charge in [0.05, 0.1) is 16.5 Å². The number of nitrogens with zero attached hydrogens (tertiary/aromatic N) is 3. The zero-order valence-electron chi connectivity index (χ0n) is 16.7. The van der Waals surface area contributed by atoms with Gasteiger partial charge in [0.1, 0.15) is 5.65 Å². The molecule has 0 atom stereocenters. The minimum Gasteiger partial charge on any atom is -0.454 e. The van der Waals surface area contributed by atoms with Crippen molar-refractivity contribution in [2.75, 3.05) is 37.9 Å². The number of carbonyl (C=O) groups is 1. The standard InChI is InChI=1S/C23H20N4O4/c28-22-17-3-1-2-4-18(17)27-13-15(11-21(27)24-22)23(29)26-9-7-25(8-10-26)16-5-6-19-20(12-16)31-14-30-19/h1-6,11-13H,7-10,14H2,(H,24,28). The number of hydrogen-bond donors (Lipinski definition) is 1. The normalized spacial score (nSPS) is 15.7. The second-order valence-corrected chi connectivity index (χ2v) is 7.77. The molecule has 4 aromatic rings. The minimum absolute atomic E-state index is 0.0287. The van der Waals surface area contributed by atoms with Crippen LogP contribution < -0.4 is 19.9 Å². The molecule has 0 aliphatic carbocycles. The first-order chi connectivity index (χ1) is 15.2. The van der Waals surface area contributed by atoms with Crippen molar-refractivity contribution in [3.8, 4) is 11.5 Å². The van der Waals surface area contributed by atoms with E-state index in [4.69, 9.17) is 9.47 Å². The number of carbonyl (C=O) groups excluding carboxylic acids is 1. The second-order valence-electron chi connectivity index (χ2n) is 7.77. The second kappa shape index (κ2) is 6.80. The Morgan fingerprint density at radius 3 is 2.61 bits per heavy atom. The van der Waals surface area contributed by atoms with Gasteiger partial charge in [0.2, 0.25) is 6.79 Å². The number of fused-ring (bicyclic) bond motifs is 4. The first kappa shape index (κ1) is 17.9. The maximum absolute atomic E-state index is 13.2. The summed E-state index contributed by atoms with van der Waals surface area (Å²) < 4.78 is 12.7. The Morgan fingerprint density at radius 2 is 1.74 bits per heavy atom. The third-order valence-electron chi connectivity index (χ3n) is 6.00. The average molecular weight is 416 g/mol. The Bertz CT molecular complexity index is 1380. The molecule has 0 spiro atoms. The number of aromatic nitrogens is 2. The van der Waals surface area contributed by atoms with E-state index in [1.54, 1.807) is 18.3 Å². The summed E-state index contributed by atoms with van der Waals surface area (Å²) in [4.78, 5) is 32.4. The molecule has 0 bridgehead atoms. The average Bonchev–Trinajstić information content (AvgIpc) is 3.45. The highest BCUT2D eigenvalue weighted by Crippen LogP contribution is 2.35. The first-order valence-electron chi connectivity index (χ1n) is 10.2. The van der Waals surface area contributed by atoms with Crippen molar-refractivity contribution in [2.24, 2.45) is 0 Å². The van der Waals surface area contributed by atoms with Crippen LogP contribution in [-0.4, -0.2) is 53.2 Å². The maximum atomic E-state index is 13.2. The Morgan fingerprint density at radius 1 is 0.935 bits per heavy atom. The largest absolute Gasteiger partial charge is 0.454 e. The van der Waals surface area contributed by atoms with E-state index in [1.165, 1.54) is 0 Å². The number of aromatic amines is 1. The van der Waals surface area contributed by atoms with Crippen LogP contribution in [0.2, 0.25) is 0 Å². The van der Waals surface area contributed by atoms with Crippen molar-refractivity contribution in [1.29, 1.82) is 0 Å². The summed E-state index contributed by atoms with van der Waals surface area (Å²) in [6.45, 7) is 2.97. The maximum Gasteiger partial charge on any atom is 0.258 e. The fourth-order valence-corrected chi connectivity index (χ4v) is 4.37. The molecule has 2 aromatic carbocycles. The minimum atomic E-state index is -0.155. The van der Waals surface area contributed by atoms with Crippen LogP contribution in [0.4, 0.5) is 5.69 Å². The Balaban J connectivity index is 1.23. The molecular formula is C23H20N4O4. The van der Waals surface area contributed by atoms with E-state index in [2.05, 4.69) is 9.88 Å². The molecule has 31 heavy (non-hydrogen) atoms. The molecule has 8 heteroatoms. The molecule has 1 amide bonds. The number of H-pyrrole nitrogens is 1. The van der Waals surface area contributed by atoms with Gasteiger partial charge < -0.3 is 28.7 Å². The van der Waals surface area contributed by atoms with Gasteiger partial charge in [-0.05, 0) is 30.3 Å². The van der Waals surface area contributed by atoms with Crippen molar-refractivity contribution in [2.45, 2.75) is 0 Å². The molecule has 8 nitrogen and oxygen atoms in total. The van der Waals surface area contributed by atoms with Crippen LogP contribution in [0.3, 0.4) is 0 Å². The molecule has 1 N–H and O–H groups in total. The number of benzene rings is 2. The van der Waals surface area contributed by atoms with E-state index in [0.29, 0.717) is 29.7 Å². The fraction of sp³-hybridized carbons (Fsp3) is 0.217. The molecule has 2 aliphatic rings.